The van der Waals surface area contributed by atoms with Gasteiger partial charge in [0.15, 0.2) is 5.76 Å². The van der Waals surface area contributed by atoms with E-state index in [4.69, 9.17) is 10.2 Å². The van der Waals surface area contributed by atoms with Gasteiger partial charge < -0.3 is 10.2 Å². The third-order valence-electron chi connectivity index (χ3n) is 3.86. The van der Waals surface area contributed by atoms with E-state index < -0.39 is 5.91 Å². The second kappa shape index (κ2) is 6.06. The van der Waals surface area contributed by atoms with Crippen LogP contribution in [-0.2, 0) is 12.0 Å². The summed E-state index contributed by atoms with van der Waals surface area (Å²) in [5, 5.41) is 0. The first kappa shape index (κ1) is 15.8. The highest BCUT2D eigenvalue weighted by atomic mass is 16.4. The zero-order chi connectivity index (χ0) is 15.6. The van der Waals surface area contributed by atoms with Gasteiger partial charge in [-0.05, 0) is 12.5 Å². The lowest BCUT2D eigenvalue weighted by atomic mass is 9.90. The fourth-order valence-electron chi connectivity index (χ4n) is 2.89. The van der Waals surface area contributed by atoms with Crippen LogP contribution in [-0.4, -0.2) is 23.4 Å². The Bertz CT molecular complexity index is 537. The lowest BCUT2D eigenvalue weighted by Crippen LogP contribution is -2.30. The number of rotatable bonds is 5. The molecule has 0 aromatic carbocycles. The van der Waals surface area contributed by atoms with E-state index in [1.807, 2.05) is 6.07 Å². The van der Waals surface area contributed by atoms with Gasteiger partial charge in [-0.3, -0.25) is 9.69 Å². The standard InChI is InChI=1S/C17H26N2O2/c1-5-7-13-8-6-9-19(13)11-12-10-14(16(18)20)21-15(12)17(2,3)4/h6,8,10,13H,5,7,9,11H2,1-4H3,(H2,18,20)/t13-/m0/s1. The van der Waals surface area contributed by atoms with Gasteiger partial charge in [0.1, 0.15) is 5.76 Å². The van der Waals surface area contributed by atoms with Crippen LogP contribution in [0, 0.1) is 0 Å². The smallest absolute Gasteiger partial charge is 0.284 e. The first-order chi connectivity index (χ1) is 9.82. The Kier molecular flexibility index (Phi) is 4.57. The van der Waals surface area contributed by atoms with Gasteiger partial charge in [0.05, 0.1) is 0 Å². The molecule has 0 bridgehead atoms. The zero-order valence-corrected chi connectivity index (χ0v) is 13.5. The van der Waals surface area contributed by atoms with Crippen LogP contribution in [0.2, 0.25) is 0 Å². The highest BCUT2D eigenvalue weighted by Crippen LogP contribution is 2.31. The lowest BCUT2D eigenvalue weighted by molar-refractivity contribution is 0.0970. The summed E-state index contributed by atoms with van der Waals surface area (Å²) in [6.07, 6.45) is 6.80. The van der Waals surface area contributed by atoms with E-state index in [1.165, 1.54) is 0 Å². The molecule has 21 heavy (non-hydrogen) atoms. The van der Waals surface area contributed by atoms with Crippen LogP contribution in [0.25, 0.3) is 0 Å². The minimum Gasteiger partial charge on any atom is -0.455 e. The summed E-state index contributed by atoms with van der Waals surface area (Å²) < 4.78 is 5.72. The van der Waals surface area contributed by atoms with Crippen LogP contribution in [0.4, 0.5) is 0 Å². The number of amides is 1. The Labute approximate surface area is 127 Å². The molecule has 4 nitrogen and oxygen atoms in total. The van der Waals surface area contributed by atoms with E-state index in [0.717, 1.165) is 37.3 Å². The largest absolute Gasteiger partial charge is 0.455 e. The van der Waals surface area contributed by atoms with Crippen molar-refractivity contribution in [2.45, 2.75) is 58.5 Å². The topological polar surface area (TPSA) is 59.5 Å². The molecule has 1 aromatic rings. The summed E-state index contributed by atoms with van der Waals surface area (Å²) in [6, 6.07) is 2.29. The number of hydrogen-bond acceptors (Lipinski definition) is 3. The number of primary amides is 1. The third-order valence-corrected chi connectivity index (χ3v) is 3.86. The van der Waals surface area contributed by atoms with Crippen LogP contribution in [0.3, 0.4) is 0 Å². The van der Waals surface area contributed by atoms with Crippen LogP contribution < -0.4 is 5.73 Å². The summed E-state index contributed by atoms with van der Waals surface area (Å²) in [5.41, 5.74) is 6.29. The van der Waals surface area contributed by atoms with Gasteiger partial charge in [0.2, 0.25) is 0 Å². The van der Waals surface area contributed by atoms with Crippen molar-refractivity contribution in [3.8, 4) is 0 Å². The second-order valence-electron chi connectivity index (χ2n) is 6.79. The average molecular weight is 290 g/mol. The van der Waals surface area contributed by atoms with Gasteiger partial charge in [-0.2, -0.15) is 0 Å². The second-order valence-corrected chi connectivity index (χ2v) is 6.79. The Morgan fingerprint density at radius 2 is 2.19 bits per heavy atom. The fraction of sp³-hybridized carbons (Fsp3) is 0.588. The molecule has 116 valence electrons. The molecule has 2 N–H and O–H groups in total. The number of furan rings is 1. The van der Waals surface area contributed by atoms with Crippen molar-refractivity contribution >= 4 is 5.91 Å². The van der Waals surface area contributed by atoms with Gasteiger partial charge in [-0.25, -0.2) is 0 Å². The molecule has 0 unspecified atom stereocenters. The van der Waals surface area contributed by atoms with Crippen molar-refractivity contribution < 1.29 is 9.21 Å². The van der Waals surface area contributed by atoms with Crippen molar-refractivity contribution in [2.24, 2.45) is 5.73 Å². The van der Waals surface area contributed by atoms with Crippen molar-refractivity contribution in [3.05, 3.63) is 35.3 Å². The molecule has 1 atom stereocenters. The molecule has 2 heterocycles. The Balaban J connectivity index is 2.24. The molecule has 0 saturated heterocycles. The highest BCUT2D eigenvalue weighted by molar-refractivity contribution is 5.90. The molecular formula is C17H26N2O2. The molecule has 0 aliphatic carbocycles. The van der Waals surface area contributed by atoms with E-state index in [-0.39, 0.29) is 11.2 Å². The van der Waals surface area contributed by atoms with Crippen molar-refractivity contribution in [1.29, 1.82) is 0 Å². The molecule has 0 radical (unpaired) electrons. The van der Waals surface area contributed by atoms with Crippen LogP contribution in [0.1, 0.15) is 62.4 Å². The van der Waals surface area contributed by atoms with E-state index in [1.54, 1.807) is 0 Å². The number of hydrogen-bond donors (Lipinski definition) is 1. The quantitative estimate of drug-likeness (QED) is 0.847. The maximum atomic E-state index is 11.4. The summed E-state index contributed by atoms with van der Waals surface area (Å²) in [7, 11) is 0. The van der Waals surface area contributed by atoms with Crippen LogP contribution >= 0.6 is 0 Å². The minimum absolute atomic E-state index is 0.142. The van der Waals surface area contributed by atoms with Gasteiger partial charge >= 0.3 is 0 Å². The Hall–Kier alpha value is -1.55. The molecule has 1 aliphatic heterocycles. The van der Waals surface area contributed by atoms with Gasteiger partial charge in [-0.1, -0.05) is 46.3 Å². The maximum Gasteiger partial charge on any atom is 0.284 e. The van der Waals surface area contributed by atoms with Gasteiger partial charge in [-0.15, -0.1) is 0 Å². The molecule has 1 aromatic heterocycles. The van der Waals surface area contributed by atoms with Crippen LogP contribution in [0.5, 0.6) is 0 Å². The summed E-state index contributed by atoms with van der Waals surface area (Å²) in [4.78, 5) is 13.8. The van der Waals surface area contributed by atoms with E-state index >= 15 is 0 Å². The van der Waals surface area contributed by atoms with Crippen molar-refractivity contribution in [1.82, 2.24) is 4.90 Å². The first-order valence-corrected chi connectivity index (χ1v) is 7.66. The van der Waals surface area contributed by atoms with Gasteiger partial charge in [0.25, 0.3) is 5.91 Å². The van der Waals surface area contributed by atoms with E-state index in [2.05, 4.69) is 44.7 Å². The number of carbonyl (C=O) groups is 1. The highest BCUT2D eigenvalue weighted by Gasteiger charge is 2.28. The molecule has 0 spiro atoms. The normalized spacial score (nSPS) is 19.3. The van der Waals surface area contributed by atoms with Crippen LogP contribution in [0.15, 0.2) is 22.6 Å². The fourth-order valence-corrected chi connectivity index (χ4v) is 2.89. The molecule has 2 rings (SSSR count). The monoisotopic (exact) mass is 290 g/mol. The zero-order valence-electron chi connectivity index (χ0n) is 13.5. The predicted octanol–water partition coefficient (Wildman–Crippen LogP) is 3.22. The summed E-state index contributed by atoms with van der Waals surface area (Å²) in [5.74, 6) is 0.615. The number of carbonyl (C=O) groups excluding carboxylic acids is 1. The number of nitrogens with zero attached hydrogens (tertiary/aromatic N) is 1. The van der Waals surface area contributed by atoms with E-state index in [9.17, 15) is 4.79 Å². The van der Waals surface area contributed by atoms with Crippen molar-refractivity contribution in [3.63, 3.8) is 0 Å². The predicted molar refractivity (Wildman–Crippen MR) is 84.2 cm³/mol. The SMILES string of the molecule is CCC[C@H]1C=CCN1Cc1cc(C(N)=O)oc1C(C)(C)C. The maximum absolute atomic E-state index is 11.4. The Morgan fingerprint density at radius 3 is 2.76 bits per heavy atom. The molecule has 1 amide bonds. The summed E-state index contributed by atoms with van der Waals surface area (Å²) >= 11 is 0. The lowest BCUT2D eigenvalue weighted by Gasteiger charge is -2.25. The van der Waals surface area contributed by atoms with Gasteiger partial charge in [0, 0.05) is 30.1 Å². The third kappa shape index (κ3) is 3.56. The first-order valence-electron chi connectivity index (χ1n) is 7.66. The molecule has 1 aliphatic rings. The summed E-state index contributed by atoms with van der Waals surface area (Å²) in [6.45, 7) is 10.2. The molecular weight excluding hydrogens is 264 g/mol. The molecule has 0 fully saturated rings. The average Bonchev–Trinajstić information content (AvgIpc) is 2.97. The molecule has 0 saturated carbocycles. The minimum atomic E-state index is -0.503. The van der Waals surface area contributed by atoms with E-state index in [0.29, 0.717) is 6.04 Å². The molecule has 4 heteroatoms. The van der Waals surface area contributed by atoms with Crippen molar-refractivity contribution in [2.75, 3.05) is 6.54 Å². The number of nitrogens with two attached hydrogens (primary N) is 1. The Morgan fingerprint density at radius 1 is 1.48 bits per heavy atom.